The maximum atomic E-state index is 12.7. The third-order valence-corrected chi connectivity index (χ3v) is 4.12. The lowest BCUT2D eigenvalue weighted by molar-refractivity contribution is 0.102. The molecule has 1 N–H and O–H groups in total. The van der Waals surface area contributed by atoms with Crippen LogP contribution in [-0.2, 0) is 0 Å². The smallest absolute Gasteiger partial charge is 0.260 e. The quantitative estimate of drug-likeness (QED) is 0.587. The van der Waals surface area contributed by atoms with Gasteiger partial charge in [-0.1, -0.05) is 41.6 Å². The van der Waals surface area contributed by atoms with Gasteiger partial charge < -0.3 is 9.84 Å². The number of hydrogen-bond acceptors (Lipinski definition) is 5. The minimum atomic E-state index is -0.190. The molecule has 0 fully saturated rings. The van der Waals surface area contributed by atoms with Gasteiger partial charge in [0.1, 0.15) is 5.69 Å². The second-order valence-electron chi connectivity index (χ2n) is 5.95. The zero-order valence-corrected chi connectivity index (χ0v) is 14.6. The van der Waals surface area contributed by atoms with Crippen molar-refractivity contribution in [3.8, 4) is 23.0 Å². The van der Waals surface area contributed by atoms with Gasteiger partial charge >= 0.3 is 0 Å². The number of carbonyl (C=O) groups is 1. The molecule has 0 atom stereocenters. The van der Waals surface area contributed by atoms with Crippen LogP contribution in [0.3, 0.4) is 0 Å². The molecule has 2 aromatic heterocycles. The van der Waals surface area contributed by atoms with Crippen molar-refractivity contribution >= 4 is 11.6 Å². The number of aromatic nitrogens is 3. The molecule has 0 saturated heterocycles. The highest BCUT2D eigenvalue weighted by molar-refractivity contribution is 6.06. The molecular weight excluding hydrogens is 340 g/mol. The average Bonchev–Trinajstić information content (AvgIpc) is 3.19. The number of nitrogens with zero attached hydrogens (tertiary/aromatic N) is 3. The van der Waals surface area contributed by atoms with Crippen LogP contribution in [0.15, 0.2) is 77.4 Å². The number of rotatable bonds is 4. The Hall–Kier alpha value is -3.80. The van der Waals surface area contributed by atoms with E-state index in [-0.39, 0.29) is 5.91 Å². The maximum absolute atomic E-state index is 12.7. The number of hydrogen-bond donors (Lipinski definition) is 1. The number of benzene rings is 2. The van der Waals surface area contributed by atoms with Gasteiger partial charge in [-0.25, -0.2) is 0 Å². The lowest BCUT2D eigenvalue weighted by atomic mass is 10.1. The van der Waals surface area contributed by atoms with Gasteiger partial charge in [-0.15, -0.1) is 0 Å². The summed E-state index contributed by atoms with van der Waals surface area (Å²) in [6.07, 6.45) is 1.67. The molecule has 1 amide bonds. The molecule has 4 rings (SSSR count). The van der Waals surface area contributed by atoms with E-state index in [0.29, 0.717) is 34.2 Å². The second-order valence-corrected chi connectivity index (χ2v) is 5.95. The van der Waals surface area contributed by atoms with Gasteiger partial charge in [0.25, 0.3) is 11.8 Å². The van der Waals surface area contributed by atoms with Crippen LogP contribution in [0.2, 0.25) is 0 Å². The van der Waals surface area contributed by atoms with Crippen LogP contribution in [0.5, 0.6) is 0 Å². The van der Waals surface area contributed by atoms with E-state index in [1.807, 2.05) is 55.5 Å². The fourth-order valence-electron chi connectivity index (χ4n) is 2.73. The molecule has 6 nitrogen and oxygen atoms in total. The first kappa shape index (κ1) is 16.7. The van der Waals surface area contributed by atoms with Crippen LogP contribution in [-0.4, -0.2) is 21.0 Å². The Morgan fingerprint density at radius 3 is 2.56 bits per heavy atom. The fourth-order valence-corrected chi connectivity index (χ4v) is 2.73. The number of carbonyl (C=O) groups excluding carboxylic acids is 1. The van der Waals surface area contributed by atoms with E-state index in [9.17, 15) is 4.79 Å². The van der Waals surface area contributed by atoms with Crippen molar-refractivity contribution in [2.24, 2.45) is 0 Å². The second kappa shape index (κ2) is 7.21. The molecule has 0 aliphatic heterocycles. The molecule has 0 aliphatic carbocycles. The Morgan fingerprint density at radius 1 is 0.963 bits per heavy atom. The van der Waals surface area contributed by atoms with Gasteiger partial charge in [0.05, 0.1) is 11.3 Å². The summed E-state index contributed by atoms with van der Waals surface area (Å²) >= 11 is 0. The standard InChI is InChI=1S/C21H16N4O2/c1-14-8-2-3-9-15(14)20(26)23-17-11-5-4-10-16(17)21-24-19(25-27-21)18-12-6-7-13-22-18/h2-13H,1H3,(H,23,26). The van der Waals surface area contributed by atoms with Crippen molar-refractivity contribution in [2.45, 2.75) is 6.92 Å². The van der Waals surface area contributed by atoms with Crippen molar-refractivity contribution < 1.29 is 9.32 Å². The molecule has 0 saturated carbocycles. The molecule has 4 aromatic rings. The summed E-state index contributed by atoms with van der Waals surface area (Å²) in [5, 5.41) is 6.93. The molecule has 0 bridgehead atoms. The lowest BCUT2D eigenvalue weighted by Crippen LogP contribution is -2.13. The number of pyridine rings is 1. The Labute approximate surface area is 155 Å². The molecule has 2 heterocycles. The van der Waals surface area contributed by atoms with E-state index in [0.717, 1.165) is 5.56 Å². The predicted octanol–water partition coefficient (Wildman–Crippen LogP) is 4.36. The topological polar surface area (TPSA) is 80.9 Å². The van der Waals surface area contributed by atoms with Crippen LogP contribution < -0.4 is 5.32 Å². The van der Waals surface area contributed by atoms with Crippen molar-refractivity contribution in [1.82, 2.24) is 15.1 Å². The summed E-state index contributed by atoms with van der Waals surface area (Å²) in [6, 6.07) is 20.2. The highest BCUT2D eigenvalue weighted by atomic mass is 16.5. The first-order valence-corrected chi connectivity index (χ1v) is 8.44. The van der Waals surface area contributed by atoms with E-state index in [1.165, 1.54) is 0 Å². The van der Waals surface area contributed by atoms with Crippen LogP contribution >= 0.6 is 0 Å². The van der Waals surface area contributed by atoms with Crippen molar-refractivity contribution in [3.05, 3.63) is 84.1 Å². The summed E-state index contributed by atoms with van der Waals surface area (Å²) in [6.45, 7) is 1.90. The van der Waals surface area contributed by atoms with E-state index >= 15 is 0 Å². The molecule has 0 aliphatic rings. The van der Waals surface area contributed by atoms with E-state index < -0.39 is 0 Å². The number of anilines is 1. The fraction of sp³-hybridized carbons (Fsp3) is 0.0476. The first-order chi connectivity index (χ1) is 13.2. The highest BCUT2D eigenvalue weighted by Gasteiger charge is 2.17. The minimum Gasteiger partial charge on any atom is -0.333 e. The molecule has 132 valence electrons. The maximum Gasteiger partial charge on any atom is 0.260 e. The van der Waals surface area contributed by atoms with Crippen molar-refractivity contribution in [3.63, 3.8) is 0 Å². The number of amides is 1. The molecular formula is C21H16N4O2. The molecule has 0 unspecified atom stereocenters. The SMILES string of the molecule is Cc1ccccc1C(=O)Nc1ccccc1-c1nc(-c2ccccn2)no1. The highest BCUT2D eigenvalue weighted by Crippen LogP contribution is 2.28. The van der Waals surface area contributed by atoms with Crippen molar-refractivity contribution in [2.75, 3.05) is 5.32 Å². The molecule has 6 heteroatoms. The zero-order valence-electron chi connectivity index (χ0n) is 14.6. The summed E-state index contributed by atoms with van der Waals surface area (Å²) in [7, 11) is 0. The summed E-state index contributed by atoms with van der Waals surface area (Å²) in [5.41, 5.74) is 3.39. The largest absolute Gasteiger partial charge is 0.333 e. The van der Waals surface area contributed by atoms with Gasteiger partial charge in [-0.3, -0.25) is 9.78 Å². The average molecular weight is 356 g/mol. The van der Waals surface area contributed by atoms with E-state index in [2.05, 4.69) is 20.4 Å². The molecule has 0 spiro atoms. The van der Waals surface area contributed by atoms with Crippen LogP contribution in [0, 0.1) is 6.92 Å². The normalized spacial score (nSPS) is 10.6. The summed E-state index contributed by atoms with van der Waals surface area (Å²) in [4.78, 5) is 21.3. The van der Waals surface area contributed by atoms with Crippen molar-refractivity contribution in [1.29, 1.82) is 0 Å². The predicted molar refractivity (Wildman–Crippen MR) is 102 cm³/mol. The van der Waals surface area contributed by atoms with E-state index in [4.69, 9.17) is 4.52 Å². The number of para-hydroxylation sites is 1. The number of nitrogens with one attached hydrogen (secondary N) is 1. The minimum absolute atomic E-state index is 0.190. The Balaban J connectivity index is 1.65. The summed E-state index contributed by atoms with van der Waals surface area (Å²) < 4.78 is 5.40. The molecule has 0 radical (unpaired) electrons. The monoisotopic (exact) mass is 356 g/mol. The van der Waals surface area contributed by atoms with Gasteiger partial charge in [0.2, 0.25) is 5.82 Å². The van der Waals surface area contributed by atoms with Gasteiger partial charge in [0, 0.05) is 11.8 Å². The van der Waals surface area contributed by atoms with Gasteiger partial charge in [0.15, 0.2) is 0 Å². The van der Waals surface area contributed by atoms with E-state index in [1.54, 1.807) is 24.4 Å². The first-order valence-electron chi connectivity index (χ1n) is 8.44. The molecule has 2 aromatic carbocycles. The Morgan fingerprint density at radius 2 is 1.74 bits per heavy atom. The van der Waals surface area contributed by atoms with Crippen LogP contribution in [0.4, 0.5) is 5.69 Å². The number of aryl methyl sites for hydroxylation is 1. The van der Waals surface area contributed by atoms with Gasteiger partial charge in [-0.2, -0.15) is 4.98 Å². The Kier molecular flexibility index (Phi) is 4.45. The third-order valence-electron chi connectivity index (χ3n) is 4.12. The Bertz CT molecular complexity index is 1090. The third kappa shape index (κ3) is 3.46. The zero-order chi connectivity index (χ0) is 18.6. The lowest BCUT2D eigenvalue weighted by Gasteiger charge is -2.10. The van der Waals surface area contributed by atoms with Crippen LogP contribution in [0.1, 0.15) is 15.9 Å². The summed E-state index contributed by atoms with van der Waals surface area (Å²) in [5.74, 6) is 0.520. The van der Waals surface area contributed by atoms with Gasteiger partial charge in [-0.05, 0) is 42.8 Å². The van der Waals surface area contributed by atoms with Crippen LogP contribution in [0.25, 0.3) is 23.0 Å². The molecule has 27 heavy (non-hydrogen) atoms.